The highest BCUT2D eigenvalue weighted by molar-refractivity contribution is 14.0. The third-order valence-electron chi connectivity index (χ3n) is 4.54. The van der Waals surface area contributed by atoms with E-state index >= 15 is 0 Å². The molecule has 0 radical (unpaired) electrons. The fourth-order valence-corrected chi connectivity index (χ4v) is 2.87. The van der Waals surface area contributed by atoms with Crippen LogP contribution in [0, 0.1) is 12.8 Å². The molecule has 5 nitrogen and oxygen atoms in total. The lowest BCUT2D eigenvalue weighted by molar-refractivity contribution is 0.277. The van der Waals surface area contributed by atoms with Crippen LogP contribution >= 0.6 is 24.0 Å². The van der Waals surface area contributed by atoms with E-state index in [1.807, 2.05) is 48.1 Å². The smallest absolute Gasteiger partial charge is 0.191 e. The number of hydrogen-bond acceptors (Lipinski definition) is 2. The number of aromatic nitrogens is 2. The van der Waals surface area contributed by atoms with Gasteiger partial charge in [0.25, 0.3) is 0 Å². The Morgan fingerprint density at radius 3 is 2.58 bits per heavy atom. The first kappa shape index (κ1) is 18.8. The highest BCUT2D eigenvalue weighted by Gasteiger charge is 2.17. The van der Waals surface area contributed by atoms with Gasteiger partial charge in [-0.15, -0.1) is 24.0 Å². The van der Waals surface area contributed by atoms with E-state index in [4.69, 9.17) is 5.73 Å². The van der Waals surface area contributed by atoms with Crippen LogP contribution in [0.3, 0.4) is 0 Å². The molecule has 1 saturated heterocycles. The van der Waals surface area contributed by atoms with Gasteiger partial charge in [0.15, 0.2) is 5.96 Å². The standard InChI is InChI=1S/C18H25N5.HI/c1-14-8-10-22(11-9-14)18(19)20-12-16-13-23(21-15(16)2)17-6-4-3-5-7-17;/h3-7,13-14H,8-12H2,1-2H3,(H2,19,20);1H. The number of rotatable bonds is 3. The molecule has 1 aliphatic rings. The Morgan fingerprint density at radius 1 is 1.25 bits per heavy atom. The molecule has 2 aromatic rings. The first-order valence-electron chi connectivity index (χ1n) is 8.29. The van der Waals surface area contributed by atoms with Crippen molar-refractivity contribution in [2.24, 2.45) is 16.6 Å². The Balaban J connectivity index is 0.00000208. The summed E-state index contributed by atoms with van der Waals surface area (Å²) in [5.41, 5.74) is 9.33. The average Bonchev–Trinajstić information content (AvgIpc) is 2.95. The molecule has 0 amide bonds. The second-order valence-electron chi connectivity index (χ2n) is 6.36. The molecule has 2 heterocycles. The molecule has 130 valence electrons. The first-order chi connectivity index (χ1) is 11.1. The monoisotopic (exact) mass is 439 g/mol. The molecule has 1 aromatic carbocycles. The first-order valence-corrected chi connectivity index (χ1v) is 8.29. The molecular weight excluding hydrogens is 413 g/mol. The van der Waals surface area contributed by atoms with Crippen LogP contribution in [-0.4, -0.2) is 33.7 Å². The summed E-state index contributed by atoms with van der Waals surface area (Å²) in [6.07, 6.45) is 4.43. The zero-order valence-electron chi connectivity index (χ0n) is 14.4. The van der Waals surface area contributed by atoms with Crippen molar-refractivity contribution in [2.75, 3.05) is 13.1 Å². The number of piperidine rings is 1. The van der Waals surface area contributed by atoms with Crippen molar-refractivity contribution >= 4 is 29.9 Å². The molecule has 0 bridgehead atoms. The van der Waals surface area contributed by atoms with Gasteiger partial charge in [0, 0.05) is 24.8 Å². The number of para-hydroxylation sites is 1. The molecule has 1 aromatic heterocycles. The lowest BCUT2D eigenvalue weighted by atomic mass is 10.00. The van der Waals surface area contributed by atoms with Crippen molar-refractivity contribution in [1.29, 1.82) is 0 Å². The molecule has 0 spiro atoms. The number of benzene rings is 1. The van der Waals surface area contributed by atoms with Gasteiger partial charge in [-0.25, -0.2) is 9.67 Å². The molecule has 1 fully saturated rings. The van der Waals surface area contributed by atoms with Crippen LogP contribution in [0.25, 0.3) is 5.69 Å². The van der Waals surface area contributed by atoms with Crippen LogP contribution in [0.1, 0.15) is 31.0 Å². The lowest BCUT2D eigenvalue weighted by Gasteiger charge is -2.31. The van der Waals surface area contributed by atoms with Crippen molar-refractivity contribution in [3.8, 4) is 5.69 Å². The van der Waals surface area contributed by atoms with Crippen molar-refractivity contribution in [3.05, 3.63) is 47.8 Å². The summed E-state index contributed by atoms with van der Waals surface area (Å²) in [6.45, 7) is 6.92. The summed E-state index contributed by atoms with van der Waals surface area (Å²) < 4.78 is 1.90. The average molecular weight is 439 g/mol. The Hall–Kier alpha value is -1.57. The maximum atomic E-state index is 6.16. The molecule has 24 heavy (non-hydrogen) atoms. The van der Waals surface area contributed by atoms with E-state index in [9.17, 15) is 0 Å². The van der Waals surface area contributed by atoms with Gasteiger partial charge in [-0.3, -0.25) is 0 Å². The highest BCUT2D eigenvalue weighted by atomic mass is 127. The van der Waals surface area contributed by atoms with E-state index in [1.165, 1.54) is 12.8 Å². The molecule has 0 saturated carbocycles. The fraction of sp³-hybridized carbons (Fsp3) is 0.444. The van der Waals surface area contributed by atoms with Crippen LogP contribution in [-0.2, 0) is 6.54 Å². The van der Waals surface area contributed by atoms with Gasteiger partial charge in [0.1, 0.15) is 0 Å². The maximum Gasteiger partial charge on any atom is 0.191 e. The summed E-state index contributed by atoms with van der Waals surface area (Å²) in [5, 5.41) is 4.57. The molecule has 2 N–H and O–H groups in total. The van der Waals surface area contributed by atoms with E-state index in [0.717, 1.165) is 36.0 Å². The normalized spacial score (nSPS) is 16.1. The van der Waals surface area contributed by atoms with E-state index in [1.54, 1.807) is 0 Å². The molecule has 1 aliphatic heterocycles. The van der Waals surface area contributed by atoms with Crippen molar-refractivity contribution in [1.82, 2.24) is 14.7 Å². The van der Waals surface area contributed by atoms with Gasteiger partial charge in [-0.2, -0.15) is 5.10 Å². The van der Waals surface area contributed by atoms with Crippen LogP contribution in [0.4, 0.5) is 0 Å². The number of nitrogens with two attached hydrogens (primary N) is 1. The van der Waals surface area contributed by atoms with Crippen molar-refractivity contribution in [3.63, 3.8) is 0 Å². The molecule has 0 aliphatic carbocycles. The Labute approximate surface area is 161 Å². The van der Waals surface area contributed by atoms with Gasteiger partial charge in [-0.05, 0) is 37.8 Å². The summed E-state index contributed by atoms with van der Waals surface area (Å²) in [4.78, 5) is 6.77. The molecular formula is C18H26IN5. The van der Waals surface area contributed by atoms with Crippen molar-refractivity contribution < 1.29 is 0 Å². The van der Waals surface area contributed by atoms with Crippen LogP contribution in [0.5, 0.6) is 0 Å². The largest absolute Gasteiger partial charge is 0.370 e. The van der Waals surface area contributed by atoms with Crippen LogP contribution in [0.2, 0.25) is 0 Å². The van der Waals surface area contributed by atoms with Crippen molar-refractivity contribution in [2.45, 2.75) is 33.2 Å². The zero-order chi connectivity index (χ0) is 16.2. The van der Waals surface area contributed by atoms with E-state index < -0.39 is 0 Å². The Bertz CT molecular complexity index is 672. The number of guanidine groups is 1. The van der Waals surface area contributed by atoms with E-state index in [-0.39, 0.29) is 24.0 Å². The number of nitrogens with zero attached hydrogens (tertiary/aromatic N) is 4. The number of halogens is 1. The summed E-state index contributed by atoms with van der Waals surface area (Å²) in [7, 11) is 0. The van der Waals surface area contributed by atoms with Gasteiger partial charge in [0.2, 0.25) is 0 Å². The SMILES string of the molecule is Cc1nn(-c2ccccc2)cc1CN=C(N)N1CCC(C)CC1.I. The third kappa shape index (κ3) is 4.49. The highest BCUT2D eigenvalue weighted by Crippen LogP contribution is 2.16. The minimum absolute atomic E-state index is 0. The van der Waals surface area contributed by atoms with Gasteiger partial charge >= 0.3 is 0 Å². The molecule has 6 heteroatoms. The van der Waals surface area contributed by atoms with E-state index in [0.29, 0.717) is 12.5 Å². The maximum absolute atomic E-state index is 6.16. The molecule has 0 unspecified atom stereocenters. The summed E-state index contributed by atoms with van der Waals surface area (Å²) in [5.74, 6) is 1.45. The van der Waals surface area contributed by atoms with Gasteiger partial charge in [-0.1, -0.05) is 25.1 Å². The predicted octanol–water partition coefficient (Wildman–Crippen LogP) is 3.35. The predicted molar refractivity (Wildman–Crippen MR) is 109 cm³/mol. The topological polar surface area (TPSA) is 59.4 Å². The van der Waals surface area contributed by atoms with Crippen LogP contribution in [0.15, 0.2) is 41.5 Å². The number of aliphatic imine (C=N–C) groups is 1. The summed E-state index contributed by atoms with van der Waals surface area (Å²) in [6, 6.07) is 10.1. The minimum Gasteiger partial charge on any atom is -0.370 e. The quantitative estimate of drug-likeness (QED) is 0.454. The molecule has 0 atom stereocenters. The fourth-order valence-electron chi connectivity index (χ4n) is 2.87. The Morgan fingerprint density at radius 2 is 1.92 bits per heavy atom. The number of hydrogen-bond donors (Lipinski definition) is 1. The van der Waals surface area contributed by atoms with Crippen LogP contribution < -0.4 is 5.73 Å². The Kier molecular flexibility index (Phi) is 6.65. The summed E-state index contributed by atoms with van der Waals surface area (Å²) >= 11 is 0. The minimum atomic E-state index is 0. The number of likely N-dealkylation sites (tertiary alicyclic amines) is 1. The van der Waals surface area contributed by atoms with Gasteiger partial charge in [0.05, 0.1) is 17.9 Å². The second kappa shape index (κ2) is 8.50. The van der Waals surface area contributed by atoms with E-state index in [2.05, 4.69) is 21.9 Å². The second-order valence-corrected chi connectivity index (χ2v) is 6.36. The lowest BCUT2D eigenvalue weighted by Crippen LogP contribution is -2.42. The molecule has 3 rings (SSSR count). The zero-order valence-corrected chi connectivity index (χ0v) is 16.7. The number of aryl methyl sites for hydroxylation is 1. The van der Waals surface area contributed by atoms with Gasteiger partial charge < -0.3 is 10.6 Å². The third-order valence-corrected chi connectivity index (χ3v) is 4.54.